The van der Waals surface area contributed by atoms with Crippen molar-refractivity contribution in [2.24, 2.45) is 0 Å². The first kappa shape index (κ1) is 15.2. The summed E-state index contributed by atoms with van der Waals surface area (Å²) in [6.07, 6.45) is 2.69. The molecule has 5 heteroatoms. The first-order chi connectivity index (χ1) is 10.1. The van der Waals surface area contributed by atoms with Gasteiger partial charge in [0.15, 0.2) is 0 Å². The van der Waals surface area contributed by atoms with Crippen LogP contribution in [0.25, 0.3) is 0 Å². The van der Waals surface area contributed by atoms with E-state index in [9.17, 15) is 0 Å². The summed E-state index contributed by atoms with van der Waals surface area (Å²) in [6.45, 7) is 7.03. The second-order valence-electron chi connectivity index (χ2n) is 5.31. The van der Waals surface area contributed by atoms with Crippen LogP contribution in [0.5, 0.6) is 0 Å². The molecule has 0 unspecified atom stereocenters. The Balaban J connectivity index is 2.10. The van der Waals surface area contributed by atoms with E-state index in [1.807, 2.05) is 38.4 Å². The van der Waals surface area contributed by atoms with Crippen LogP contribution in [-0.4, -0.2) is 28.5 Å². The molecular formula is C16H23N5. The fourth-order valence-corrected chi connectivity index (χ4v) is 2.06. The van der Waals surface area contributed by atoms with Crippen LogP contribution in [0.4, 0.5) is 11.6 Å². The topological polar surface area (TPSA) is 62.7 Å². The second-order valence-corrected chi connectivity index (χ2v) is 5.31. The zero-order valence-electron chi connectivity index (χ0n) is 13.1. The minimum atomic E-state index is 0.300. The van der Waals surface area contributed by atoms with E-state index in [0.29, 0.717) is 5.92 Å². The van der Waals surface area contributed by atoms with Gasteiger partial charge in [0.2, 0.25) is 0 Å². The number of anilines is 2. The van der Waals surface area contributed by atoms with E-state index in [1.165, 1.54) is 0 Å². The monoisotopic (exact) mass is 285 g/mol. The second kappa shape index (κ2) is 7.02. The standard InChI is InChI=1S/C16H23N5/c1-11(2)14-20-15(17-4)12(3)16(21-14)19-10-8-13-7-5-6-9-18-13/h5-7,9,11H,8,10H2,1-4H3,(H2,17,19,20,21). The van der Waals surface area contributed by atoms with Crippen LogP contribution in [-0.2, 0) is 6.42 Å². The van der Waals surface area contributed by atoms with Crippen molar-refractivity contribution in [1.82, 2.24) is 15.0 Å². The fourth-order valence-electron chi connectivity index (χ4n) is 2.06. The van der Waals surface area contributed by atoms with Gasteiger partial charge >= 0.3 is 0 Å². The Kier molecular flexibility index (Phi) is 5.09. The van der Waals surface area contributed by atoms with E-state index in [4.69, 9.17) is 0 Å². The van der Waals surface area contributed by atoms with Gasteiger partial charge in [-0.05, 0) is 19.1 Å². The van der Waals surface area contributed by atoms with Crippen LogP contribution in [0.3, 0.4) is 0 Å². The van der Waals surface area contributed by atoms with Crippen molar-refractivity contribution in [2.75, 3.05) is 24.2 Å². The summed E-state index contributed by atoms with van der Waals surface area (Å²) in [5.41, 5.74) is 2.12. The van der Waals surface area contributed by atoms with Gasteiger partial charge in [-0.1, -0.05) is 19.9 Å². The van der Waals surface area contributed by atoms with Gasteiger partial charge in [-0.3, -0.25) is 4.98 Å². The number of nitrogens with zero attached hydrogens (tertiary/aromatic N) is 3. The smallest absolute Gasteiger partial charge is 0.135 e. The highest BCUT2D eigenvalue weighted by Crippen LogP contribution is 2.22. The Hall–Kier alpha value is -2.17. The molecule has 0 amide bonds. The number of nitrogens with one attached hydrogen (secondary N) is 2. The molecule has 2 rings (SSSR count). The lowest BCUT2D eigenvalue weighted by molar-refractivity contribution is 0.772. The molecule has 21 heavy (non-hydrogen) atoms. The largest absolute Gasteiger partial charge is 0.373 e. The predicted molar refractivity (Wildman–Crippen MR) is 86.8 cm³/mol. The summed E-state index contributed by atoms with van der Waals surface area (Å²) in [7, 11) is 1.89. The van der Waals surface area contributed by atoms with E-state index in [2.05, 4.69) is 39.4 Å². The van der Waals surface area contributed by atoms with Crippen LogP contribution in [0, 0.1) is 6.92 Å². The first-order valence-electron chi connectivity index (χ1n) is 7.32. The Morgan fingerprint density at radius 3 is 2.52 bits per heavy atom. The molecular weight excluding hydrogens is 262 g/mol. The highest BCUT2D eigenvalue weighted by Gasteiger charge is 2.12. The quantitative estimate of drug-likeness (QED) is 0.854. The molecule has 0 saturated carbocycles. The molecule has 5 nitrogen and oxygen atoms in total. The highest BCUT2D eigenvalue weighted by molar-refractivity contribution is 5.57. The zero-order valence-corrected chi connectivity index (χ0v) is 13.1. The van der Waals surface area contributed by atoms with Gasteiger partial charge in [-0.25, -0.2) is 9.97 Å². The Morgan fingerprint density at radius 1 is 1.14 bits per heavy atom. The Labute approximate surface area is 126 Å². The van der Waals surface area contributed by atoms with Gasteiger partial charge in [0.25, 0.3) is 0 Å². The average molecular weight is 285 g/mol. The Morgan fingerprint density at radius 2 is 1.90 bits per heavy atom. The molecule has 0 saturated heterocycles. The lowest BCUT2D eigenvalue weighted by atomic mass is 10.2. The van der Waals surface area contributed by atoms with Crippen molar-refractivity contribution in [1.29, 1.82) is 0 Å². The summed E-state index contributed by atoms with van der Waals surface area (Å²) in [6, 6.07) is 5.97. The SMILES string of the molecule is CNc1nc(C(C)C)nc(NCCc2ccccn2)c1C. The fraction of sp³-hybridized carbons (Fsp3) is 0.438. The summed E-state index contributed by atoms with van der Waals surface area (Å²) < 4.78 is 0. The van der Waals surface area contributed by atoms with Gasteiger partial charge in [0, 0.05) is 43.4 Å². The molecule has 0 aliphatic heterocycles. The number of pyridine rings is 1. The molecule has 0 aliphatic carbocycles. The van der Waals surface area contributed by atoms with Crippen LogP contribution in [0.15, 0.2) is 24.4 Å². The molecule has 0 fully saturated rings. The van der Waals surface area contributed by atoms with Crippen molar-refractivity contribution in [3.63, 3.8) is 0 Å². The summed E-state index contributed by atoms with van der Waals surface area (Å²) in [5.74, 6) is 2.93. The summed E-state index contributed by atoms with van der Waals surface area (Å²) in [4.78, 5) is 13.5. The van der Waals surface area contributed by atoms with Crippen molar-refractivity contribution in [3.05, 3.63) is 41.5 Å². The van der Waals surface area contributed by atoms with Crippen LogP contribution in [0.1, 0.15) is 36.8 Å². The normalized spacial score (nSPS) is 10.7. The van der Waals surface area contributed by atoms with Crippen molar-refractivity contribution < 1.29 is 0 Å². The lowest BCUT2D eigenvalue weighted by Gasteiger charge is -2.15. The summed E-state index contributed by atoms with van der Waals surface area (Å²) >= 11 is 0. The highest BCUT2D eigenvalue weighted by atomic mass is 15.1. The number of hydrogen-bond acceptors (Lipinski definition) is 5. The van der Waals surface area contributed by atoms with E-state index in [1.54, 1.807) is 0 Å². The van der Waals surface area contributed by atoms with Gasteiger partial charge in [0.1, 0.15) is 17.5 Å². The average Bonchev–Trinajstić information content (AvgIpc) is 2.49. The molecule has 0 radical (unpaired) electrons. The first-order valence-corrected chi connectivity index (χ1v) is 7.32. The number of rotatable bonds is 6. The molecule has 2 aromatic rings. The molecule has 2 aromatic heterocycles. The third-order valence-corrected chi connectivity index (χ3v) is 3.32. The molecule has 112 valence electrons. The number of hydrogen-bond donors (Lipinski definition) is 2. The van der Waals surface area contributed by atoms with Crippen molar-refractivity contribution in [3.8, 4) is 0 Å². The van der Waals surface area contributed by atoms with Gasteiger partial charge in [-0.2, -0.15) is 0 Å². The molecule has 0 bridgehead atoms. The van der Waals surface area contributed by atoms with Gasteiger partial charge in [0.05, 0.1) is 0 Å². The third-order valence-electron chi connectivity index (χ3n) is 3.32. The van der Waals surface area contributed by atoms with Gasteiger partial charge in [-0.15, -0.1) is 0 Å². The minimum Gasteiger partial charge on any atom is -0.373 e. The zero-order chi connectivity index (χ0) is 15.2. The van der Waals surface area contributed by atoms with Crippen molar-refractivity contribution in [2.45, 2.75) is 33.1 Å². The maximum Gasteiger partial charge on any atom is 0.135 e. The van der Waals surface area contributed by atoms with Crippen LogP contribution < -0.4 is 10.6 Å². The van der Waals surface area contributed by atoms with E-state index >= 15 is 0 Å². The van der Waals surface area contributed by atoms with Crippen molar-refractivity contribution >= 4 is 11.6 Å². The predicted octanol–water partition coefficient (Wildman–Crippen LogP) is 3.00. The molecule has 0 aliphatic rings. The van der Waals surface area contributed by atoms with E-state index < -0.39 is 0 Å². The van der Waals surface area contributed by atoms with Crippen LogP contribution >= 0.6 is 0 Å². The third kappa shape index (κ3) is 3.90. The molecule has 0 atom stereocenters. The number of aromatic nitrogens is 3. The molecule has 2 N–H and O–H groups in total. The molecule has 0 spiro atoms. The maximum absolute atomic E-state index is 4.63. The van der Waals surface area contributed by atoms with E-state index in [-0.39, 0.29) is 0 Å². The molecule has 0 aromatic carbocycles. The summed E-state index contributed by atoms with van der Waals surface area (Å²) in [5, 5.41) is 6.54. The van der Waals surface area contributed by atoms with Crippen LogP contribution in [0.2, 0.25) is 0 Å². The minimum absolute atomic E-state index is 0.300. The molecule has 2 heterocycles. The maximum atomic E-state index is 4.63. The van der Waals surface area contributed by atoms with Gasteiger partial charge < -0.3 is 10.6 Å². The lowest BCUT2D eigenvalue weighted by Crippen LogP contribution is -2.13. The Bertz CT molecular complexity index is 581. The van der Waals surface area contributed by atoms with E-state index in [0.717, 1.165) is 41.7 Å².